The van der Waals surface area contributed by atoms with E-state index in [4.69, 9.17) is 4.74 Å². The topological polar surface area (TPSA) is 43.4 Å². The van der Waals surface area contributed by atoms with Crippen LogP contribution in [-0.2, 0) is 20.7 Å². The van der Waals surface area contributed by atoms with E-state index in [0.29, 0.717) is 18.3 Å². The number of benzene rings is 1. The summed E-state index contributed by atoms with van der Waals surface area (Å²) in [6.45, 7) is 1.67. The first kappa shape index (κ1) is 15.6. The molecule has 0 radical (unpaired) electrons. The molecule has 0 heterocycles. The SMILES string of the molecule is COC(=O)[C@H]1CC2=C(C(C)=O)CC[C@H]2[C@@H]2CCc3ccccc3[C@H]21. The fourth-order valence-electron chi connectivity index (χ4n) is 5.54. The number of allylic oxidation sites excluding steroid dienone is 2. The molecular weight excluding hydrogens is 300 g/mol. The molecule has 3 aliphatic carbocycles. The Morgan fingerprint density at radius 1 is 1.12 bits per heavy atom. The molecule has 126 valence electrons. The van der Waals surface area contributed by atoms with Crippen LogP contribution in [0.2, 0.25) is 0 Å². The highest BCUT2D eigenvalue weighted by molar-refractivity contribution is 5.95. The summed E-state index contributed by atoms with van der Waals surface area (Å²) in [4.78, 5) is 24.6. The van der Waals surface area contributed by atoms with Crippen molar-refractivity contribution in [3.8, 4) is 0 Å². The average Bonchev–Trinajstić information content (AvgIpc) is 3.04. The van der Waals surface area contributed by atoms with Crippen LogP contribution >= 0.6 is 0 Å². The van der Waals surface area contributed by atoms with Crippen LogP contribution in [0.5, 0.6) is 0 Å². The van der Waals surface area contributed by atoms with E-state index in [1.807, 2.05) is 0 Å². The largest absolute Gasteiger partial charge is 0.469 e. The molecule has 24 heavy (non-hydrogen) atoms. The zero-order valence-electron chi connectivity index (χ0n) is 14.4. The predicted octanol–water partition coefficient (Wildman–Crippen LogP) is 3.82. The highest BCUT2D eigenvalue weighted by Crippen LogP contribution is 2.57. The third-order valence-corrected chi connectivity index (χ3v) is 6.48. The van der Waals surface area contributed by atoms with E-state index in [2.05, 4.69) is 24.3 Å². The van der Waals surface area contributed by atoms with Crippen molar-refractivity contribution in [3.63, 3.8) is 0 Å². The van der Waals surface area contributed by atoms with Crippen molar-refractivity contribution in [1.82, 2.24) is 0 Å². The second kappa shape index (κ2) is 5.87. The molecule has 1 aromatic rings. The summed E-state index contributed by atoms with van der Waals surface area (Å²) in [7, 11) is 1.48. The van der Waals surface area contributed by atoms with Crippen LogP contribution in [0.25, 0.3) is 0 Å². The molecule has 1 aromatic carbocycles. The number of aryl methyl sites for hydroxylation is 1. The molecule has 0 aromatic heterocycles. The third-order valence-electron chi connectivity index (χ3n) is 6.48. The van der Waals surface area contributed by atoms with Crippen molar-refractivity contribution in [2.45, 2.75) is 44.9 Å². The molecule has 0 aliphatic heterocycles. The van der Waals surface area contributed by atoms with Gasteiger partial charge in [-0.2, -0.15) is 0 Å². The molecule has 3 heteroatoms. The summed E-state index contributed by atoms with van der Waals surface area (Å²) in [5, 5.41) is 0. The van der Waals surface area contributed by atoms with Crippen LogP contribution in [0, 0.1) is 17.8 Å². The molecule has 1 fully saturated rings. The molecule has 0 amide bonds. The normalized spacial score (nSPS) is 31.1. The highest BCUT2D eigenvalue weighted by Gasteiger charge is 2.50. The first-order valence-corrected chi connectivity index (χ1v) is 9.00. The Kier molecular flexibility index (Phi) is 3.82. The van der Waals surface area contributed by atoms with Crippen LogP contribution in [0.4, 0.5) is 0 Å². The highest BCUT2D eigenvalue weighted by atomic mass is 16.5. The molecule has 0 spiro atoms. The summed E-state index contributed by atoms with van der Waals surface area (Å²) in [5.41, 5.74) is 4.97. The van der Waals surface area contributed by atoms with Gasteiger partial charge in [0.05, 0.1) is 13.0 Å². The van der Waals surface area contributed by atoms with Gasteiger partial charge in [0, 0.05) is 5.92 Å². The quantitative estimate of drug-likeness (QED) is 0.777. The van der Waals surface area contributed by atoms with Crippen LogP contribution in [0.15, 0.2) is 35.4 Å². The molecule has 0 bridgehead atoms. The number of carbonyl (C=O) groups is 2. The van der Waals surface area contributed by atoms with Crippen molar-refractivity contribution in [2.24, 2.45) is 17.8 Å². The van der Waals surface area contributed by atoms with Gasteiger partial charge in [-0.25, -0.2) is 0 Å². The van der Waals surface area contributed by atoms with Crippen molar-refractivity contribution >= 4 is 11.8 Å². The number of esters is 1. The lowest BCUT2D eigenvalue weighted by Crippen LogP contribution is -2.40. The Morgan fingerprint density at radius 3 is 2.67 bits per heavy atom. The van der Waals surface area contributed by atoms with Gasteiger partial charge in [0.25, 0.3) is 0 Å². The summed E-state index contributed by atoms with van der Waals surface area (Å²) >= 11 is 0. The van der Waals surface area contributed by atoms with Gasteiger partial charge in [0.1, 0.15) is 0 Å². The predicted molar refractivity (Wildman–Crippen MR) is 91.5 cm³/mol. The molecular formula is C21H24O3. The molecule has 0 N–H and O–H groups in total. The maximum absolute atomic E-state index is 12.6. The number of fused-ring (bicyclic) bond motifs is 5. The maximum atomic E-state index is 12.6. The number of ketones is 1. The monoisotopic (exact) mass is 324 g/mol. The summed E-state index contributed by atoms with van der Waals surface area (Å²) in [5.74, 6) is 1.09. The minimum Gasteiger partial charge on any atom is -0.469 e. The van der Waals surface area contributed by atoms with Gasteiger partial charge in [-0.3, -0.25) is 9.59 Å². The number of hydrogen-bond acceptors (Lipinski definition) is 3. The van der Waals surface area contributed by atoms with Gasteiger partial charge < -0.3 is 4.74 Å². The van der Waals surface area contributed by atoms with Crippen LogP contribution in [0.1, 0.15) is 49.7 Å². The Balaban J connectivity index is 1.82. The standard InChI is InChI=1S/C21H24O3/c1-12(22)14-9-10-16-17-8-7-13-5-3-4-6-15(13)20(17)19(11-18(14)16)21(23)24-2/h3-6,16-17,19-20H,7-11H2,1-2H3/t16-,17-,19-,20+/m0/s1. The van der Waals surface area contributed by atoms with E-state index in [0.717, 1.165) is 31.3 Å². The van der Waals surface area contributed by atoms with E-state index in [-0.39, 0.29) is 23.6 Å². The fraction of sp³-hybridized carbons (Fsp3) is 0.524. The van der Waals surface area contributed by atoms with Crippen LogP contribution in [0.3, 0.4) is 0 Å². The summed E-state index contributed by atoms with van der Waals surface area (Å²) < 4.78 is 5.15. The second-order valence-electron chi connectivity index (χ2n) is 7.47. The smallest absolute Gasteiger partial charge is 0.309 e. The fourth-order valence-corrected chi connectivity index (χ4v) is 5.54. The van der Waals surface area contributed by atoms with E-state index in [1.165, 1.54) is 23.8 Å². The molecule has 3 aliphatic rings. The molecule has 0 unspecified atom stereocenters. The lowest BCUT2D eigenvalue weighted by atomic mass is 9.58. The molecule has 4 rings (SSSR count). The van der Waals surface area contributed by atoms with E-state index >= 15 is 0 Å². The zero-order valence-corrected chi connectivity index (χ0v) is 14.4. The molecule has 3 nitrogen and oxygen atoms in total. The molecule has 1 saturated carbocycles. The summed E-state index contributed by atoms with van der Waals surface area (Å²) in [6, 6.07) is 8.55. The number of carbonyl (C=O) groups excluding carboxylic acids is 2. The summed E-state index contributed by atoms with van der Waals surface area (Å²) in [6.07, 6.45) is 4.83. The lowest BCUT2D eigenvalue weighted by Gasteiger charge is -2.46. The zero-order chi connectivity index (χ0) is 16.8. The van der Waals surface area contributed by atoms with Crippen molar-refractivity contribution in [3.05, 3.63) is 46.5 Å². The number of methoxy groups -OCH3 is 1. The number of hydrogen-bond donors (Lipinski definition) is 0. The van der Waals surface area contributed by atoms with Crippen molar-refractivity contribution < 1.29 is 14.3 Å². The third kappa shape index (κ3) is 2.25. The number of Topliss-reactive ketones (excluding diaryl/α,β-unsaturated/α-hetero) is 1. The van der Waals surface area contributed by atoms with E-state index in [9.17, 15) is 9.59 Å². The first-order chi connectivity index (χ1) is 11.6. The van der Waals surface area contributed by atoms with Gasteiger partial charge in [-0.05, 0) is 67.6 Å². The van der Waals surface area contributed by atoms with Crippen LogP contribution < -0.4 is 0 Å². The van der Waals surface area contributed by atoms with Crippen molar-refractivity contribution in [1.29, 1.82) is 0 Å². The van der Waals surface area contributed by atoms with Crippen molar-refractivity contribution in [2.75, 3.05) is 7.11 Å². The van der Waals surface area contributed by atoms with Gasteiger partial charge in [0.15, 0.2) is 5.78 Å². The lowest BCUT2D eigenvalue weighted by molar-refractivity contribution is -0.148. The Hall–Kier alpha value is -1.90. The Bertz CT molecular complexity index is 730. The number of rotatable bonds is 2. The first-order valence-electron chi connectivity index (χ1n) is 9.00. The second-order valence-corrected chi connectivity index (χ2v) is 7.47. The Labute approximate surface area is 143 Å². The minimum absolute atomic E-state index is 0.123. The average molecular weight is 324 g/mol. The van der Waals surface area contributed by atoms with Gasteiger partial charge in [-0.15, -0.1) is 0 Å². The van der Waals surface area contributed by atoms with E-state index in [1.54, 1.807) is 6.92 Å². The minimum atomic E-state index is -0.153. The maximum Gasteiger partial charge on any atom is 0.309 e. The Morgan fingerprint density at radius 2 is 1.92 bits per heavy atom. The van der Waals surface area contributed by atoms with Gasteiger partial charge >= 0.3 is 5.97 Å². The van der Waals surface area contributed by atoms with E-state index < -0.39 is 0 Å². The van der Waals surface area contributed by atoms with Gasteiger partial charge in [-0.1, -0.05) is 29.8 Å². The van der Waals surface area contributed by atoms with Crippen LogP contribution in [-0.4, -0.2) is 18.9 Å². The number of ether oxygens (including phenoxy) is 1. The molecule has 0 saturated heterocycles. The van der Waals surface area contributed by atoms with Gasteiger partial charge in [0.2, 0.25) is 0 Å². The molecule has 4 atom stereocenters.